The van der Waals surface area contributed by atoms with Gasteiger partial charge in [0.1, 0.15) is 11.9 Å². The lowest BCUT2D eigenvalue weighted by Gasteiger charge is -2.34. The molecule has 0 N–H and O–H groups in total. The van der Waals surface area contributed by atoms with Gasteiger partial charge >= 0.3 is 0 Å². The Kier molecular flexibility index (Phi) is 4.26. The molecule has 0 aliphatic rings. The van der Waals surface area contributed by atoms with Crippen molar-refractivity contribution in [1.82, 2.24) is 0 Å². The first-order valence-electron chi connectivity index (χ1n) is 6.80. The van der Waals surface area contributed by atoms with Gasteiger partial charge in [0.15, 0.2) is 13.9 Å². The van der Waals surface area contributed by atoms with Gasteiger partial charge in [-0.05, 0) is 31.8 Å². The summed E-state index contributed by atoms with van der Waals surface area (Å²) < 4.78 is 19.4. The van der Waals surface area contributed by atoms with Crippen molar-refractivity contribution in [2.75, 3.05) is 0 Å². The first kappa shape index (κ1) is 15.4. The second kappa shape index (κ2) is 5.80. The molecule has 2 aromatic carbocycles. The van der Waals surface area contributed by atoms with Crippen LogP contribution in [0.15, 0.2) is 54.6 Å². The topological polar surface area (TPSA) is 33.0 Å². The minimum Gasteiger partial charge on any atom is -0.393 e. The molecule has 2 aromatic rings. The van der Waals surface area contributed by atoms with Gasteiger partial charge < -0.3 is 4.43 Å². The third-order valence-electron chi connectivity index (χ3n) is 3.05. The fourth-order valence-electron chi connectivity index (χ4n) is 2.25. The molecule has 0 heterocycles. The average Bonchev–Trinajstić information content (AvgIpc) is 2.46. The van der Waals surface area contributed by atoms with E-state index in [2.05, 4.69) is 6.07 Å². The molecule has 0 saturated heterocycles. The van der Waals surface area contributed by atoms with Crippen molar-refractivity contribution in [3.8, 4) is 6.07 Å². The van der Waals surface area contributed by atoms with Crippen molar-refractivity contribution < 1.29 is 8.82 Å². The molecular formula is C17H18FNOSi. The number of hydrogen-bond donors (Lipinski definition) is 0. The Morgan fingerprint density at radius 2 is 1.48 bits per heavy atom. The minimum absolute atomic E-state index is 0.327. The van der Waals surface area contributed by atoms with E-state index in [1.165, 1.54) is 12.1 Å². The summed E-state index contributed by atoms with van der Waals surface area (Å²) in [4.78, 5) is 0. The zero-order valence-electron chi connectivity index (χ0n) is 12.4. The monoisotopic (exact) mass is 299 g/mol. The third kappa shape index (κ3) is 3.38. The van der Waals surface area contributed by atoms with E-state index in [9.17, 15) is 9.65 Å². The molecule has 0 spiro atoms. The summed E-state index contributed by atoms with van der Waals surface area (Å²) in [5.41, 5.74) is 0.223. The lowest BCUT2D eigenvalue weighted by atomic mass is 9.88. The molecule has 0 aromatic heterocycles. The first-order valence-corrected chi connectivity index (χ1v) is 10.2. The van der Waals surface area contributed by atoms with Crippen LogP contribution in [-0.4, -0.2) is 8.32 Å². The number of rotatable bonds is 4. The molecule has 0 fully saturated rings. The van der Waals surface area contributed by atoms with E-state index >= 15 is 0 Å². The SMILES string of the molecule is C[Si](C)(C)OC(C#N)(c1ccccc1)c1ccc(F)cc1. The zero-order chi connectivity index (χ0) is 15.5. The number of nitrogens with zero attached hydrogens (tertiary/aromatic N) is 1. The molecule has 0 aliphatic heterocycles. The largest absolute Gasteiger partial charge is 0.393 e. The summed E-state index contributed by atoms with van der Waals surface area (Å²) in [6.45, 7) is 6.10. The van der Waals surface area contributed by atoms with Gasteiger partial charge in [-0.1, -0.05) is 42.5 Å². The number of halogens is 1. The summed E-state index contributed by atoms with van der Waals surface area (Å²) in [7, 11) is -2.01. The van der Waals surface area contributed by atoms with E-state index in [0.29, 0.717) is 5.56 Å². The second-order valence-corrected chi connectivity index (χ2v) is 10.3. The van der Waals surface area contributed by atoms with Crippen molar-refractivity contribution >= 4 is 8.32 Å². The van der Waals surface area contributed by atoms with E-state index in [4.69, 9.17) is 4.43 Å². The fraction of sp³-hybridized carbons (Fsp3) is 0.235. The Hall–Kier alpha value is -1.96. The molecule has 0 amide bonds. The summed E-state index contributed by atoms with van der Waals surface area (Å²) in [6.07, 6.45) is 0. The van der Waals surface area contributed by atoms with Crippen LogP contribution >= 0.6 is 0 Å². The van der Waals surface area contributed by atoms with Crippen LogP contribution in [0.2, 0.25) is 19.6 Å². The minimum atomic E-state index is -2.01. The molecule has 2 nitrogen and oxygen atoms in total. The molecule has 1 atom stereocenters. The van der Waals surface area contributed by atoms with E-state index in [1.807, 2.05) is 50.0 Å². The Labute approximate surface area is 125 Å². The molecule has 0 saturated carbocycles. The highest BCUT2D eigenvalue weighted by Gasteiger charge is 2.39. The summed E-state index contributed by atoms with van der Waals surface area (Å²) >= 11 is 0. The number of hydrogen-bond acceptors (Lipinski definition) is 2. The molecule has 4 heteroatoms. The normalized spacial score (nSPS) is 14.2. The Morgan fingerprint density at radius 1 is 0.952 bits per heavy atom. The quantitative estimate of drug-likeness (QED) is 0.782. The van der Waals surface area contributed by atoms with Crippen molar-refractivity contribution in [2.24, 2.45) is 0 Å². The zero-order valence-corrected chi connectivity index (χ0v) is 13.4. The summed E-state index contributed by atoms with van der Waals surface area (Å²) in [6, 6.07) is 17.6. The summed E-state index contributed by atoms with van der Waals surface area (Å²) in [5, 5.41) is 9.87. The standard InChI is InChI=1S/C17H18FNOSi/c1-21(2,3)20-17(13-19,14-7-5-4-6-8-14)15-9-11-16(18)12-10-15/h4-12H,1-3H3. The van der Waals surface area contributed by atoms with Crippen LogP contribution < -0.4 is 0 Å². The van der Waals surface area contributed by atoms with Crippen LogP contribution in [0.1, 0.15) is 11.1 Å². The third-order valence-corrected chi connectivity index (χ3v) is 3.97. The van der Waals surface area contributed by atoms with Gasteiger partial charge in [0.05, 0.1) is 0 Å². The lowest BCUT2D eigenvalue weighted by Crippen LogP contribution is -2.40. The summed E-state index contributed by atoms with van der Waals surface area (Å²) in [5.74, 6) is -0.327. The van der Waals surface area contributed by atoms with Crippen LogP contribution in [0.4, 0.5) is 4.39 Å². The van der Waals surface area contributed by atoms with Gasteiger partial charge in [-0.25, -0.2) is 4.39 Å². The van der Waals surface area contributed by atoms with Crippen molar-refractivity contribution in [3.63, 3.8) is 0 Å². The molecule has 0 bridgehead atoms. The smallest absolute Gasteiger partial charge is 0.196 e. The number of benzene rings is 2. The Morgan fingerprint density at radius 3 is 1.95 bits per heavy atom. The van der Waals surface area contributed by atoms with Crippen molar-refractivity contribution in [2.45, 2.75) is 25.2 Å². The van der Waals surface area contributed by atoms with Gasteiger partial charge in [0, 0.05) is 11.1 Å². The van der Waals surface area contributed by atoms with E-state index < -0.39 is 13.9 Å². The molecule has 1 unspecified atom stereocenters. The van der Waals surface area contributed by atoms with E-state index in [-0.39, 0.29) is 5.82 Å². The maximum atomic E-state index is 13.2. The molecule has 2 rings (SSSR count). The molecule has 0 aliphatic carbocycles. The fourth-order valence-corrected chi connectivity index (χ4v) is 3.45. The van der Waals surface area contributed by atoms with Gasteiger partial charge in [0.2, 0.25) is 0 Å². The highest BCUT2D eigenvalue weighted by Crippen LogP contribution is 2.36. The number of nitriles is 1. The highest BCUT2D eigenvalue weighted by molar-refractivity contribution is 6.69. The van der Waals surface area contributed by atoms with Gasteiger partial charge in [-0.15, -0.1) is 0 Å². The van der Waals surface area contributed by atoms with Crippen LogP contribution in [0.5, 0.6) is 0 Å². The maximum Gasteiger partial charge on any atom is 0.196 e. The van der Waals surface area contributed by atoms with E-state index in [1.54, 1.807) is 12.1 Å². The van der Waals surface area contributed by atoms with Crippen LogP contribution in [0.3, 0.4) is 0 Å². The Bertz CT molecular complexity index is 643. The molecular weight excluding hydrogens is 281 g/mol. The molecule has 0 radical (unpaired) electrons. The van der Waals surface area contributed by atoms with Gasteiger partial charge in [-0.3, -0.25) is 0 Å². The molecule has 21 heavy (non-hydrogen) atoms. The van der Waals surface area contributed by atoms with E-state index in [0.717, 1.165) is 5.56 Å². The highest BCUT2D eigenvalue weighted by atomic mass is 28.4. The van der Waals surface area contributed by atoms with Crippen LogP contribution in [-0.2, 0) is 10.0 Å². The van der Waals surface area contributed by atoms with Crippen molar-refractivity contribution in [3.05, 3.63) is 71.5 Å². The van der Waals surface area contributed by atoms with Gasteiger partial charge in [-0.2, -0.15) is 5.26 Å². The predicted octanol–water partition coefficient (Wildman–Crippen LogP) is 4.44. The second-order valence-electron chi connectivity index (χ2n) is 5.88. The van der Waals surface area contributed by atoms with Crippen molar-refractivity contribution in [1.29, 1.82) is 5.26 Å². The lowest BCUT2D eigenvalue weighted by molar-refractivity contribution is 0.163. The maximum absolute atomic E-state index is 13.2. The molecule has 108 valence electrons. The predicted molar refractivity (Wildman–Crippen MR) is 83.7 cm³/mol. The van der Waals surface area contributed by atoms with Gasteiger partial charge in [0.25, 0.3) is 0 Å². The Balaban J connectivity index is 2.63. The van der Waals surface area contributed by atoms with Crippen LogP contribution in [0, 0.1) is 17.1 Å². The first-order chi connectivity index (χ1) is 9.87. The average molecular weight is 299 g/mol. The van der Waals surface area contributed by atoms with Crippen LogP contribution in [0.25, 0.3) is 0 Å².